The molecular weight excluding hydrogens is 959 g/mol. The minimum absolute atomic E-state index is 0.0287. The molecular formula is C48H69N9O16. The number of carboxylic acid groups (broad SMARTS) is 6. The van der Waals surface area contributed by atoms with E-state index in [2.05, 4.69) is 26.6 Å². The van der Waals surface area contributed by atoms with E-state index in [-0.39, 0.29) is 121 Å². The molecule has 25 heteroatoms. The molecule has 3 atom stereocenters. The maximum atomic E-state index is 13.8. The number of nitrogens with zero attached hydrogens (tertiary/aromatic N) is 4. The van der Waals surface area contributed by atoms with Crippen LogP contribution in [0, 0.1) is 11.8 Å². The summed E-state index contributed by atoms with van der Waals surface area (Å²) < 4.78 is 0. The Morgan fingerprint density at radius 3 is 1.66 bits per heavy atom. The zero-order chi connectivity index (χ0) is 53.5. The standard InChI is InChI=1S/C48H69N9O16/c58-38(28-54-19-20-55(29-40(61)62)21-22-56(30-41(63)64)24-26-57(25-23-54)48(72)73)49-18-16-31-8-10-33(11-9-31)43(65)53-42(35-13-12-32-5-1-2-6-34(32)27-35)44(66)50-17-4-3-7-36(45(67)68)51-47(71)52-37(46(69)70)14-15-39(59)60/h1-2,5-6,12-13,27,31,33,36-37,42H,3-4,7-11,14-26,28-30H2,(H,49,58)(H,50,66)(H,53,65)(H,59,60)(H,61,62)(H,63,64)(H,67,68)(H,69,70)(H,72,73)(H2,51,52,71)/t31?,33?,36-,37-,42-/m0/s1. The fourth-order valence-electron chi connectivity index (χ4n) is 8.85. The summed E-state index contributed by atoms with van der Waals surface area (Å²) in [4.78, 5) is 129. The third-order valence-electron chi connectivity index (χ3n) is 13.0. The molecule has 2 aliphatic rings. The van der Waals surface area contributed by atoms with Crippen molar-refractivity contribution >= 4 is 70.5 Å². The smallest absolute Gasteiger partial charge is 0.407 e. The van der Waals surface area contributed by atoms with Gasteiger partial charge in [-0.05, 0) is 86.1 Å². The first-order valence-electron chi connectivity index (χ1n) is 24.4. The average Bonchev–Trinajstić information content (AvgIpc) is 3.33. The number of hydrogen-bond donors (Lipinski definition) is 11. The summed E-state index contributed by atoms with van der Waals surface area (Å²) in [5.74, 6) is -7.53. The molecule has 0 radical (unpaired) electrons. The Balaban J connectivity index is 1.27. The predicted molar refractivity (Wildman–Crippen MR) is 260 cm³/mol. The Kier molecular flexibility index (Phi) is 24.1. The molecule has 0 aromatic heterocycles. The fourth-order valence-corrected chi connectivity index (χ4v) is 8.85. The first kappa shape index (κ1) is 58.5. The monoisotopic (exact) mass is 1030 g/mol. The van der Waals surface area contributed by atoms with Crippen LogP contribution < -0.4 is 26.6 Å². The summed E-state index contributed by atoms with van der Waals surface area (Å²) in [5.41, 5.74) is 0.548. The van der Waals surface area contributed by atoms with Crippen molar-refractivity contribution in [2.24, 2.45) is 11.8 Å². The highest BCUT2D eigenvalue weighted by atomic mass is 16.4. The Morgan fingerprint density at radius 2 is 1.11 bits per heavy atom. The quantitative estimate of drug-likeness (QED) is 0.0611. The summed E-state index contributed by atoms with van der Waals surface area (Å²) in [6, 6.07) is 7.86. The fraction of sp³-hybridized carbons (Fsp3) is 0.583. The van der Waals surface area contributed by atoms with E-state index in [9.17, 15) is 73.5 Å². The van der Waals surface area contributed by atoms with Gasteiger partial charge >= 0.3 is 42.0 Å². The topological polar surface area (TPSA) is 365 Å². The third-order valence-corrected chi connectivity index (χ3v) is 13.0. The number of carbonyl (C=O) groups is 10. The zero-order valence-corrected chi connectivity index (χ0v) is 40.7. The van der Waals surface area contributed by atoms with Gasteiger partial charge in [0, 0.05) is 77.8 Å². The maximum Gasteiger partial charge on any atom is 0.407 e. The van der Waals surface area contributed by atoms with Gasteiger partial charge in [0.2, 0.25) is 17.7 Å². The molecule has 1 heterocycles. The molecule has 0 unspecified atom stereocenters. The maximum absolute atomic E-state index is 13.8. The van der Waals surface area contributed by atoms with Crippen molar-refractivity contribution in [2.45, 2.75) is 82.3 Å². The summed E-state index contributed by atoms with van der Waals surface area (Å²) >= 11 is 0. The van der Waals surface area contributed by atoms with Crippen LogP contribution in [0.15, 0.2) is 42.5 Å². The second-order valence-electron chi connectivity index (χ2n) is 18.4. The van der Waals surface area contributed by atoms with Crippen LogP contribution in [-0.4, -0.2) is 207 Å². The number of fused-ring (bicyclic) bond motifs is 1. The summed E-state index contributed by atoms with van der Waals surface area (Å²) in [5, 5.41) is 71.3. The number of nitrogens with one attached hydrogen (secondary N) is 5. The van der Waals surface area contributed by atoms with Crippen molar-refractivity contribution in [2.75, 3.05) is 85.1 Å². The number of urea groups is 1. The second kappa shape index (κ2) is 30.0. The summed E-state index contributed by atoms with van der Waals surface area (Å²) in [6.07, 6.45) is 1.43. The van der Waals surface area contributed by atoms with E-state index in [0.29, 0.717) is 44.2 Å². The van der Waals surface area contributed by atoms with Gasteiger partial charge in [-0.15, -0.1) is 0 Å². The van der Waals surface area contributed by atoms with E-state index < -0.39 is 78.8 Å². The minimum atomic E-state index is -1.55. The average molecular weight is 1030 g/mol. The van der Waals surface area contributed by atoms with E-state index >= 15 is 0 Å². The van der Waals surface area contributed by atoms with Gasteiger partial charge in [0.15, 0.2) is 0 Å². The molecule has 1 aliphatic carbocycles. The summed E-state index contributed by atoms with van der Waals surface area (Å²) in [6.45, 7) is 1.13. The predicted octanol–water partition coefficient (Wildman–Crippen LogP) is 0.736. The Hall–Kier alpha value is -7.12. The van der Waals surface area contributed by atoms with Crippen LogP contribution in [0.25, 0.3) is 10.8 Å². The van der Waals surface area contributed by atoms with Crippen molar-refractivity contribution in [1.29, 1.82) is 0 Å². The number of benzene rings is 2. The zero-order valence-electron chi connectivity index (χ0n) is 40.7. The van der Waals surface area contributed by atoms with Gasteiger partial charge in [0.1, 0.15) is 18.1 Å². The van der Waals surface area contributed by atoms with Gasteiger partial charge < -0.3 is 62.1 Å². The molecule has 0 spiro atoms. The third kappa shape index (κ3) is 21.2. The van der Waals surface area contributed by atoms with Gasteiger partial charge in [-0.25, -0.2) is 19.2 Å². The highest BCUT2D eigenvalue weighted by Crippen LogP contribution is 2.31. The molecule has 2 aromatic carbocycles. The first-order valence-corrected chi connectivity index (χ1v) is 24.4. The molecule has 4 rings (SSSR count). The highest BCUT2D eigenvalue weighted by Gasteiger charge is 2.31. The van der Waals surface area contributed by atoms with Crippen LogP contribution >= 0.6 is 0 Å². The van der Waals surface area contributed by atoms with Crippen LogP contribution in [0.4, 0.5) is 9.59 Å². The van der Waals surface area contributed by atoms with Crippen molar-refractivity contribution in [1.82, 2.24) is 46.2 Å². The molecule has 25 nitrogen and oxygen atoms in total. The first-order chi connectivity index (χ1) is 34.8. The van der Waals surface area contributed by atoms with Crippen LogP contribution in [0.3, 0.4) is 0 Å². The van der Waals surface area contributed by atoms with E-state index in [1.807, 2.05) is 36.4 Å². The molecule has 6 amide bonds. The molecule has 2 fully saturated rings. The van der Waals surface area contributed by atoms with Crippen molar-refractivity contribution < 1.29 is 78.6 Å². The van der Waals surface area contributed by atoms with Crippen LogP contribution in [0.1, 0.15) is 75.8 Å². The number of rotatable bonds is 25. The Morgan fingerprint density at radius 1 is 0.562 bits per heavy atom. The van der Waals surface area contributed by atoms with E-state index in [1.54, 1.807) is 20.8 Å². The van der Waals surface area contributed by atoms with Gasteiger partial charge in [0.25, 0.3) is 0 Å². The number of aliphatic carboxylic acids is 5. The molecule has 0 bridgehead atoms. The number of unbranched alkanes of at least 4 members (excludes halogenated alkanes) is 1. The van der Waals surface area contributed by atoms with Gasteiger partial charge in [-0.3, -0.25) is 43.5 Å². The SMILES string of the molecule is O=C(O)CC[C@H](NC(=O)N[C@@H](CCCCNC(=O)[C@@H](NC(=O)C1CCC(CCNC(=O)CN2CCN(CC(=O)O)CCN(CC(=O)O)CCN(C(=O)O)CC2)CC1)c1ccc2ccccc2c1)C(=O)O)C(=O)O. The lowest BCUT2D eigenvalue weighted by Crippen LogP contribution is -2.51. The van der Waals surface area contributed by atoms with Crippen molar-refractivity contribution in [3.63, 3.8) is 0 Å². The van der Waals surface area contributed by atoms with Crippen molar-refractivity contribution in [3.05, 3.63) is 48.0 Å². The summed E-state index contributed by atoms with van der Waals surface area (Å²) in [7, 11) is 0. The molecule has 1 saturated heterocycles. The molecule has 402 valence electrons. The van der Waals surface area contributed by atoms with Gasteiger partial charge in [0.05, 0.1) is 19.6 Å². The van der Waals surface area contributed by atoms with E-state index in [0.717, 1.165) is 10.8 Å². The molecule has 1 saturated carbocycles. The normalized spacial score (nSPS) is 18.6. The lowest BCUT2D eigenvalue weighted by Gasteiger charge is -2.32. The highest BCUT2D eigenvalue weighted by molar-refractivity contribution is 5.91. The van der Waals surface area contributed by atoms with E-state index in [1.165, 1.54) is 4.90 Å². The second-order valence-corrected chi connectivity index (χ2v) is 18.4. The Labute approximate surface area is 421 Å². The minimum Gasteiger partial charge on any atom is -0.481 e. The van der Waals surface area contributed by atoms with E-state index in [4.69, 9.17) is 5.11 Å². The Bertz CT molecular complexity index is 2240. The number of amides is 6. The largest absolute Gasteiger partial charge is 0.481 e. The molecule has 11 N–H and O–H groups in total. The lowest BCUT2D eigenvalue weighted by molar-refractivity contribution is -0.141. The molecule has 73 heavy (non-hydrogen) atoms. The van der Waals surface area contributed by atoms with Crippen molar-refractivity contribution in [3.8, 4) is 0 Å². The van der Waals surface area contributed by atoms with Crippen LogP contribution in [-0.2, 0) is 38.4 Å². The lowest BCUT2D eigenvalue weighted by atomic mass is 9.80. The van der Waals surface area contributed by atoms with Gasteiger partial charge in [-0.1, -0.05) is 36.4 Å². The number of carbonyl (C=O) groups excluding carboxylic acids is 4. The number of hydrogen-bond acceptors (Lipinski definition) is 13. The molecule has 1 aliphatic heterocycles. The van der Waals surface area contributed by atoms with Gasteiger partial charge in [-0.2, -0.15) is 0 Å². The van der Waals surface area contributed by atoms with Crippen LogP contribution in [0.5, 0.6) is 0 Å². The van der Waals surface area contributed by atoms with Crippen LogP contribution in [0.2, 0.25) is 0 Å². The molecule has 2 aromatic rings. The number of carboxylic acids is 5.